The van der Waals surface area contributed by atoms with Crippen LogP contribution in [-0.2, 0) is 4.79 Å². The lowest BCUT2D eigenvalue weighted by molar-refractivity contribution is -0.118. The molecule has 2 aromatic rings. The van der Waals surface area contributed by atoms with Gasteiger partial charge in [0, 0.05) is 11.6 Å². The van der Waals surface area contributed by atoms with Gasteiger partial charge in [-0.15, -0.1) is 0 Å². The molecular weight excluding hydrogens is 402 g/mol. The van der Waals surface area contributed by atoms with Crippen LogP contribution in [0.2, 0.25) is 0 Å². The van der Waals surface area contributed by atoms with E-state index in [9.17, 15) is 15.3 Å². The molecule has 2 aliphatic heterocycles. The minimum atomic E-state index is -1.45. The van der Waals surface area contributed by atoms with E-state index >= 15 is 0 Å². The van der Waals surface area contributed by atoms with Gasteiger partial charge in [-0.3, -0.25) is 4.79 Å². The van der Waals surface area contributed by atoms with Gasteiger partial charge in [-0.25, -0.2) is 0 Å². The first kappa shape index (κ1) is 21.5. The number of para-hydroxylation sites is 1. The highest BCUT2D eigenvalue weighted by Crippen LogP contribution is 2.55. The number of methoxy groups -OCH3 is 1. The summed E-state index contributed by atoms with van der Waals surface area (Å²) in [5.74, 6) is 0.312. The molecule has 32 heavy (non-hydrogen) atoms. The first-order chi connectivity index (χ1) is 15.4. The maximum absolute atomic E-state index is 13.0. The normalized spacial score (nSPS) is 22.5. The zero-order chi connectivity index (χ0) is 23.0. The SMILES string of the molecule is COc1cc(C2C(C(C)=O)N3c4ccccc4C=CC3C2(C#N)C#N)ccc1OC(C)C. The number of carbonyl (C=O) groups is 1. The molecule has 0 aromatic heterocycles. The van der Waals surface area contributed by atoms with E-state index in [1.54, 1.807) is 19.2 Å². The third kappa shape index (κ3) is 3.11. The van der Waals surface area contributed by atoms with E-state index in [1.807, 2.05) is 61.2 Å². The van der Waals surface area contributed by atoms with Gasteiger partial charge >= 0.3 is 0 Å². The zero-order valence-electron chi connectivity index (χ0n) is 18.6. The third-order valence-corrected chi connectivity index (χ3v) is 6.24. The molecule has 2 heterocycles. The molecule has 0 saturated carbocycles. The fraction of sp³-hybridized carbons (Fsp3) is 0.346. The first-order valence-corrected chi connectivity index (χ1v) is 10.6. The summed E-state index contributed by atoms with van der Waals surface area (Å²) in [5.41, 5.74) is 1.05. The first-order valence-electron chi connectivity index (χ1n) is 10.6. The summed E-state index contributed by atoms with van der Waals surface area (Å²) >= 11 is 0. The van der Waals surface area contributed by atoms with E-state index in [0.717, 1.165) is 11.3 Å². The molecule has 1 saturated heterocycles. The van der Waals surface area contributed by atoms with Crippen LogP contribution in [0.4, 0.5) is 5.69 Å². The number of hydrogen-bond acceptors (Lipinski definition) is 6. The number of rotatable bonds is 5. The van der Waals surface area contributed by atoms with Gasteiger partial charge in [-0.05, 0) is 50.1 Å². The fourth-order valence-electron chi connectivity index (χ4n) is 4.99. The maximum atomic E-state index is 13.0. The number of benzene rings is 2. The molecule has 2 aromatic carbocycles. The van der Waals surface area contributed by atoms with Crippen LogP contribution in [0.3, 0.4) is 0 Å². The highest BCUT2D eigenvalue weighted by Gasteiger charge is 2.62. The van der Waals surface area contributed by atoms with Crippen molar-refractivity contribution in [1.29, 1.82) is 10.5 Å². The van der Waals surface area contributed by atoms with Crippen molar-refractivity contribution in [2.75, 3.05) is 12.0 Å². The van der Waals surface area contributed by atoms with Crippen LogP contribution in [0, 0.1) is 28.1 Å². The molecule has 0 amide bonds. The molecule has 3 atom stereocenters. The quantitative estimate of drug-likeness (QED) is 0.700. The average Bonchev–Trinajstić information content (AvgIpc) is 3.10. The fourth-order valence-corrected chi connectivity index (χ4v) is 4.99. The Kier molecular flexibility index (Phi) is 5.40. The molecule has 1 fully saturated rings. The summed E-state index contributed by atoms with van der Waals surface area (Å²) in [6, 6.07) is 16.5. The van der Waals surface area contributed by atoms with Crippen molar-refractivity contribution in [2.24, 2.45) is 5.41 Å². The van der Waals surface area contributed by atoms with Crippen LogP contribution in [0.25, 0.3) is 6.08 Å². The van der Waals surface area contributed by atoms with E-state index in [4.69, 9.17) is 9.47 Å². The van der Waals surface area contributed by atoms with Gasteiger partial charge in [0.05, 0.1) is 37.4 Å². The monoisotopic (exact) mass is 427 g/mol. The molecular formula is C26H25N3O3. The lowest BCUT2D eigenvalue weighted by Crippen LogP contribution is -2.43. The Morgan fingerprint density at radius 3 is 2.47 bits per heavy atom. The minimum absolute atomic E-state index is 0.0425. The second kappa shape index (κ2) is 8.05. The van der Waals surface area contributed by atoms with Crippen LogP contribution < -0.4 is 14.4 Å². The standard InChI is InChI=1S/C26H25N3O3/c1-16(2)32-21-11-9-19(13-22(21)31-4)24-25(17(3)30)29-20-8-6-5-7-18(20)10-12-23(29)26(24,14-27)15-28/h5-13,16,23-25H,1-4H3. The number of ether oxygens (including phenoxy) is 2. The number of fused-ring (bicyclic) bond motifs is 3. The number of anilines is 1. The van der Waals surface area contributed by atoms with E-state index in [-0.39, 0.29) is 11.9 Å². The van der Waals surface area contributed by atoms with Crippen molar-refractivity contribution in [3.05, 3.63) is 59.7 Å². The van der Waals surface area contributed by atoms with E-state index in [0.29, 0.717) is 17.1 Å². The summed E-state index contributed by atoms with van der Waals surface area (Å²) < 4.78 is 11.4. The summed E-state index contributed by atoms with van der Waals surface area (Å²) in [4.78, 5) is 15.0. The summed E-state index contributed by atoms with van der Waals surface area (Å²) in [7, 11) is 1.55. The molecule has 2 aliphatic rings. The number of nitrogens with zero attached hydrogens (tertiary/aromatic N) is 3. The number of carbonyl (C=O) groups excluding carboxylic acids is 1. The topological polar surface area (TPSA) is 86.4 Å². The van der Waals surface area contributed by atoms with E-state index in [2.05, 4.69) is 12.1 Å². The maximum Gasteiger partial charge on any atom is 0.176 e. The number of hydrogen-bond donors (Lipinski definition) is 0. The molecule has 0 bridgehead atoms. The highest BCUT2D eigenvalue weighted by molar-refractivity contribution is 5.91. The number of nitriles is 2. The van der Waals surface area contributed by atoms with Crippen LogP contribution in [0.5, 0.6) is 11.5 Å². The molecule has 6 heteroatoms. The second-order valence-corrected chi connectivity index (χ2v) is 8.47. The Labute approximate surface area is 188 Å². The predicted molar refractivity (Wildman–Crippen MR) is 121 cm³/mol. The van der Waals surface area contributed by atoms with Crippen molar-refractivity contribution in [3.8, 4) is 23.6 Å². The summed E-state index contributed by atoms with van der Waals surface area (Å²) in [6.07, 6.45) is 3.76. The Morgan fingerprint density at radius 1 is 1.12 bits per heavy atom. The van der Waals surface area contributed by atoms with Crippen molar-refractivity contribution in [1.82, 2.24) is 0 Å². The Hall–Kier alpha value is -3.77. The van der Waals surface area contributed by atoms with Crippen molar-refractivity contribution < 1.29 is 14.3 Å². The molecule has 3 unspecified atom stereocenters. The van der Waals surface area contributed by atoms with Gasteiger partial charge in [0.1, 0.15) is 0 Å². The molecule has 4 rings (SSSR count). The average molecular weight is 428 g/mol. The van der Waals surface area contributed by atoms with Crippen molar-refractivity contribution in [2.45, 2.75) is 44.9 Å². The van der Waals surface area contributed by atoms with Crippen LogP contribution in [0.1, 0.15) is 37.8 Å². The van der Waals surface area contributed by atoms with Gasteiger partial charge in [0.15, 0.2) is 22.7 Å². The largest absolute Gasteiger partial charge is 0.493 e. The van der Waals surface area contributed by atoms with Gasteiger partial charge < -0.3 is 14.4 Å². The number of Topliss-reactive ketones (excluding diaryl/α,β-unsaturated/α-hetero) is 1. The highest BCUT2D eigenvalue weighted by atomic mass is 16.5. The van der Waals surface area contributed by atoms with E-state index < -0.39 is 23.4 Å². The molecule has 0 radical (unpaired) electrons. The molecule has 6 nitrogen and oxygen atoms in total. The van der Waals surface area contributed by atoms with Crippen molar-refractivity contribution in [3.63, 3.8) is 0 Å². The van der Waals surface area contributed by atoms with Gasteiger partial charge in [-0.1, -0.05) is 36.4 Å². The van der Waals surface area contributed by atoms with E-state index in [1.165, 1.54) is 6.92 Å². The lowest BCUT2D eigenvalue weighted by Gasteiger charge is -2.35. The Balaban J connectivity index is 1.93. The minimum Gasteiger partial charge on any atom is -0.493 e. The van der Waals surface area contributed by atoms with Crippen LogP contribution in [0.15, 0.2) is 48.5 Å². The third-order valence-electron chi connectivity index (χ3n) is 6.24. The van der Waals surface area contributed by atoms with Crippen LogP contribution >= 0.6 is 0 Å². The van der Waals surface area contributed by atoms with Gasteiger partial charge in [0.25, 0.3) is 0 Å². The summed E-state index contributed by atoms with van der Waals surface area (Å²) in [6.45, 7) is 5.37. The Bertz CT molecular complexity index is 1160. The second-order valence-electron chi connectivity index (χ2n) is 8.47. The van der Waals surface area contributed by atoms with Gasteiger partial charge in [0.2, 0.25) is 0 Å². The molecule has 162 valence electrons. The zero-order valence-corrected chi connectivity index (χ0v) is 18.6. The predicted octanol–water partition coefficient (Wildman–Crippen LogP) is 4.47. The Morgan fingerprint density at radius 2 is 1.84 bits per heavy atom. The molecule has 0 N–H and O–H groups in total. The van der Waals surface area contributed by atoms with Crippen molar-refractivity contribution >= 4 is 17.5 Å². The lowest BCUT2D eigenvalue weighted by atomic mass is 9.69. The number of ketones is 1. The molecule has 0 aliphatic carbocycles. The van der Waals surface area contributed by atoms with Crippen LogP contribution in [-0.4, -0.2) is 31.1 Å². The molecule has 0 spiro atoms. The smallest absolute Gasteiger partial charge is 0.176 e. The summed E-state index contributed by atoms with van der Waals surface area (Å²) in [5, 5.41) is 20.7. The van der Waals surface area contributed by atoms with Gasteiger partial charge in [-0.2, -0.15) is 10.5 Å².